The first-order valence-corrected chi connectivity index (χ1v) is 6.94. The highest BCUT2D eigenvalue weighted by molar-refractivity contribution is 6.31. The summed E-state index contributed by atoms with van der Waals surface area (Å²) in [4.78, 5) is 25.8. The molecule has 7 heteroatoms. The number of benzene rings is 2. The van der Waals surface area contributed by atoms with E-state index in [4.69, 9.17) is 14.2 Å². The Bertz CT molecular complexity index is 883. The number of aromatic hydroxyl groups is 2. The molecule has 0 fully saturated rings. The predicted molar refractivity (Wildman–Crippen MR) is 82.7 cm³/mol. The van der Waals surface area contributed by atoms with Gasteiger partial charge in [-0.15, -0.1) is 0 Å². The lowest BCUT2D eigenvalue weighted by Gasteiger charge is -2.24. The van der Waals surface area contributed by atoms with Crippen molar-refractivity contribution in [1.29, 1.82) is 0 Å². The Hall–Kier alpha value is -3.22. The molecular weight excluding hydrogens is 316 g/mol. The van der Waals surface area contributed by atoms with E-state index in [2.05, 4.69) is 0 Å². The van der Waals surface area contributed by atoms with Gasteiger partial charge >= 0.3 is 0 Å². The molecule has 0 unspecified atom stereocenters. The Morgan fingerprint density at radius 1 is 0.750 bits per heavy atom. The third kappa shape index (κ3) is 1.84. The highest BCUT2D eigenvalue weighted by Crippen LogP contribution is 2.52. The van der Waals surface area contributed by atoms with Crippen LogP contribution in [0.15, 0.2) is 18.2 Å². The number of ketones is 2. The number of hydrogen-bond donors (Lipinski definition) is 2. The summed E-state index contributed by atoms with van der Waals surface area (Å²) >= 11 is 0. The zero-order valence-corrected chi connectivity index (χ0v) is 13.2. The number of carbonyl (C=O) groups excluding carboxylic acids is 2. The largest absolute Gasteiger partial charge is 0.507 e. The average molecular weight is 330 g/mol. The standard InChI is InChI=1S/C17H14O7/c1-22-15-10-11(16(23-2)17(24-3)14(15)21)13(20)9-7(12(10)19)5-4-6-8(9)18/h4-6,18,21H,1-3H3. The first kappa shape index (κ1) is 15.7. The Kier molecular flexibility index (Phi) is 3.56. The summed E-state index contributed by atoms with van der Waals surface area (Å²) in [6.07, 6.45) is 0. The quantitative estimate of drug-likeness (QED) is 0.756. The van der Waals surface area contributed by atoms with Crippen LogP contribution in [-0.2, 0) is 0 Å². The fourth-order valence-electron chi connectivity index (χ4n) is 2.91. The van der Waals surface area contributed by atoms with Gasteiger partial charge in [0.15, 0.2) is 17.3 Å². The number of ether oxygens (including phenoxy) is 3. The molecule has 24 heavy (non-hydrogen) atoms. The van der Waals surface area contributed by atoms with Gasteiger partial charge in [-0.25, -0.2) is 0 Å². The third-order valence-electron chi connectivity index (χ3n) is 3.92. The van der Waals surface area contributed by atoms with E-state index in [0.717, 1.165) is 0 Å². The molecule has 0 atom stereocenters. The Morgan fingerprint density at radius 2 is 1.33 bits per heavy atom. The summed E-state index contributed by atoms with van der Waals surface area (Å²) in [6, 6.07) is 4.19. The SMILES string of the molecule is COc1c(O)c(OC)c2c(c1OC)C(=O)c1c(O)cccc1C2=O. The summed E-state index contributed by atoms with van der Waals surface area (Å²) in [7, 11) is 3.82. The van der Waals surface area contributed by atoms with E-state index in [0.29, 0.717) is 0 Å². The molecule has 0 bridgehead atoms. The van der Waals surface area contributed by atoms with E-state index < -0.39 is 17.3 Å². The van der Waals surface area contributed by atoms with Crippen LogP contribution in [0.2, 0.25) is 0 Å². The molecule has 1 aliphatic rings. The summed E-state index contributed by atoms with van der Waals surface area (Å²) in [5.74, 6) is -2.36. The predicted octanol–water partition coefficient (Wildman–Crippen LogP) is 1.90. The van der Waals surface area contributed by atoms with Crippen LogP contribution in [0.3, 0.4) is 0 Å². The van der Waals surface area contributed by atoms with E-state index in [-0.39, 0.29) is 45.3 Å². The second-order valence-corrected chi connectivity index (χ2v) is 5.06. The van der Waals surface area contributed by atoms with Gasteiger partial charge in [-0.1, -0.05) is 12.1 Å². The molecule has 1 aliphatic carbocycles. The maximum absolute atomic E-state index is 12.9. The van der Waals surface area contributed by atoms with Gasteiger partial charge in [-0.2, -0.15) is 0 Å². The number of rotatable bonds is 3. The van der Waals surface area contributed by atoms with E-state index in [1.807, 2.05) is 0 Å². The lowest BCUT2D eigenvalue weighted by atomic mass is 9.82. The summed E-state index contributed by atoms with van der Waals surface area (Å²) in [5, 5.41) is 20.3. The topological polar surface area (TPSA) is 102 Å². The normalized spacial score (nSPS) is 12.5. The number of phenols is 2. The van der Waals surface area contributed by atoms with Crippen molar-refractivity contribution >= 4 is 11.6 Å². The Morgan fingerprint density at radius 3 is 1.92 bits per heavy atom. The lowest BCUT2D eigenvalue weighted by Crippen LogP contribution is -2.23. The maximum atomic E-state index is 12.9. The molecule has 0 spiro atoms. The van der Waals surface area contributed by atoms with Crippen molar-refractivity contribution in [2.75, 3.05) is 21.3 Å². The van der Waals surface area contributed by atoms with Crippen LogP contribution in [-0.4, -0.2) is 43.1 Å². The van der Waals surface area contributed by atoms with Gasteiger partial charge in [0.2, 0.25) is 17.3 Å². The van der Waals surface area contributed by atoms with E-state index in [1.54, 1.807) is 0 Å². The molecule has 0 heterocycles. The number of fused-ring (bicyclic) bond motifs is 2. The van der Waals surface area contributed by atoms with Crippen LogP contribution in [0.1, 0.15) is 31.8 Å². The molecule has 0 aromatic heterocycles. The van der Waals surface area contributed by atoms with Crippen molar-refractivity contribution in [3.8, 4) is 28.7 Å². The number of carbonyl (C=O) groups is 2. The zero-order chi connectivity index (χ0) is 17.6. The van der Waals surface area contributed by atoms with Crippen molar-refractivity contribution in [1.82, 2.24) is 0 Å². The first-order chi connectivity index (χ1) is 11.5. The average Bonchev–Trinajstić information content (AvgIpc) is 2.58. The molecule has 0 radical (unpaired) electrons. The minimum absolute atomic E-state index is 0.0254. The van der Waals surface area contributed by atoms with E-state index in [1.165, 1.54) is 39.5 Å². The van der Waals surface area contributed by atoms with Crippen LogP contribution < -0.4 is 14.2 Å². The summed E-state index contributed by atoms with van der Waals surface area (Å²) in [5.41, 5.74) is -0.348. The molecule has 0 saturated carbocycles. The molecule has 0 amide bonds. The smallest absolute Gasteiger partial charge is 0.207 e. The molecule has 3 rings (SSSR count). The first-order valence-electron chi connectivity index (χ1n) is 6.94. The molecule has 2 N–H and O–H groups in total. The number of phenolic OH excluding ortho intramolecular Hbond substituents is 2. The van der Waals surface area contributed by atoms with Gasteiger partial charge in [0.05, 0.1) is 38.0 Å². The van der Waals surface area contributed by atoms with Crippen molar-refractivity contribution in [3.63, 3.8) is 0 Å². The van der Waals surface area contributed by atoms with Gasteiger partial charge in [0.1, 0.15) is 5.75 Å². The molecular formula is C17H14O7. The van der Waals surface area contributed by atoms with Crippen LogP contribution in [0, 0.1) is 0 Å². The maximum Gasteiger partial charge on any atom is 0.207 e. The Balaban J connectivity index is 2.48. The highest BCUT2D eigenvalue weighted by Gasteiger charge is 2.40. The number of methoxy groups -OCH3 is 3. The van der Waals surface area contributed by atoms with Crippen molar-refractivity contribution in [3.05, 3.63) is 40.5 Å². The molecule has 0 saturated heterocycles. The monoisotopic (exact) mass is 330 g/mol. The van der Waals surface area contributed by atoms with Crippen LogP contribution >= 0.6 is 0 Å². The molecule has 2 aromatic rings. The zero-order valence-electron chi connectivity index (χ0n) is 13.2. The third-order valence-corrected chi connectivity index (χ3v) is 3.92. The summed E-state index contributed by atoms with van der Waals surface area (Å²) in [6.45, 7) is 0. The van der Waals surface area contributed by atoms with E-state index in [9.17, 15) is 19.8 Å². The van der Waals surface area contributed by atoms with Gasteiger partial charge in [0, 0.05) is 5.56 Å². The van der Waals surface area contributed by atoms with Gasteiger partial charge in [-0.3, -0.25) is 9.59 Å². The minimum Gasteiger partial charge on any atom is -0.507 e. The van der Waals surface area contributed by atoms with Crippen molar-refractivity contribution in [2.45, 2.75) is 0 Å². The Labute approximate surface area is 137 Å². The van der Waals surface area contributed by atoms with Gasteiger partial charge in [-0.05, 0) is 6.07 Å². The van der Waals surface area contributed by atoms with Crippen molar-refractivity contribution in [2.24, 2.45) is 0 Å². The highest BCUT2D eigenvalue weighted by atomic mass is 16.5. The summed E-state index contributed by atoms with van der Waals surface area (Å²) < 4.78 is 15.4. The molecule has 7 nitrogen and oxygen atoms in total. The molecule has 2 aromatic carbocycles. The fourth-order valence-corrected chi connectivity index (χ4v) is 2.91. The van der Waals surface area contributed by atoms with Gasteiger partial charge in [0.25, 0.3) is 0 Å². The van der Waals surface area contributed by atoms with Crippen LogP contribution in [0.4, 0.5) is 0 Å². The van der Waals surface area contributed by atoms with Crippen LogP contribution in [0.5, 0.6) is 28.7 Å². The second-order valence-electron chi connectivity index (χ2n) is 5.06. The minimum atomic E-state index is -0.619. The molecule has 0 aliphatic heterocycles. The molecule has 124 valence electrons. The van der Waals surface area contributed by atoms with E-state index >= 15 is 0 Å². The fraction of sp³-hybridized carbons (Fsp3) is 0.176. The van der Waals surface area contributed by atoms with Gasteiger partial charge < -0.3 is 24.4 Å². The number of hydrogen-bond acceptors (Lipinski definition) is 7. The van der Waals surface area contributed by atoms with Crippen molar-refractivity contribution < 1.29 is 34.0 Å². The van der Waals surface area contributed by atoms with Crippen LogP contribution in [0.25, 0.3) is 0 Å². The second kappa shape index (κ2) is 5.45. The lowest BCUT2D eigenvalue weighted by molar-refractivity contribution is 0.0970.